The minimum Gasteiger partial charge on any atom is -0.341 e. The number of nitrogens with zero attached hydrogens (tertiary/aromatic N) is 4. The van der Waals surface area contributed by atoms with E-state index in [4.69, 9.17) is 11.6 Å². The van der Waals surface area contributed by atoms with Gasteiger partial charge in [-0.25, -0.2) is 9.97 Å². The number of nitro groups is 1. The van der Waals surface area contributed by atoms with Crippen LogP contribution < -0.4 is 4.90 Å². The molecular formula is C19H18ClN5O2. The van der Waals surface area contributed by atoms with Crippen LogP contribution in [0.2, 0.25) is 5.02 Å². The molecule has 1 saturated heterocycles. The van der Waals surface area contributed by atoms with E-state index in [9.17, 15) is 10.1 Å². The standard InChI is InChI=1S/C19H18ClN5O2/c20-14-10-17(25(26)27)19(22-11-14)24-9-5-4-8-16(24)18-21-12-15(23-18)13-6-2-1-3-7-13/h1-3,6-7,10-12,16H,4-5,8-9H2,(H,21,23)/t16-/m1/s1. The lowest BCUT2D eigenvalue weighted by molar-refractivity contribution is -0.384. The van der Waals surface area contributed by atoms with Crippen molar-refractivity contribution in [2.24, 2.45) is 0 Å². The summed E-state index contributed by atoms with van der Waals surface area (Å²) in [5.41, 5.74) is 1.90. The third-order valence-corrected chi connectivity index (χ3v) is 4.99. The molecule has 1 aliphatic rings. The molecule has 1 aliphatic heterocycles. The summed E-state index contributed by atoms with van der Waals surface area (Å²) in [7, 11) is 0. The Morgan fingerprint density at radius 1 is 1.19 bits per heavy atom. The fourth-order valence-electron chi connectivity index (χ4n) is 3.52. The van der Waals surface area contributed by atoms with E-state index in [0.29, 0.717) is 12.4 Å². The number of imidazole rings is 1. The van der Waals surface area contributed by atoms with Gasteiger partial charge in [0.25, 0.3) is 0 Å². The fourth-order valence-corrected chi connectivity index (χ4v) is 3.67. The number of hydrogen-bond acceptors (Lipinski definition) is 5. The summed E-state index contributed by atoms with van der Waals surface area (Å²) in [6, 6.07) is 11.2. The minimum atomic E-state index is -0.433. The molecule has 1 aromatic carbocycles. The third-order valence-electron chi connectivity index (χ3n) is 4.78. The highest BCUT2D eigenvalue weighted by Gasteiger charge is 2.32. The molecule has 0 amide bonds. The van der Waals surface area contributed by atoms with Crippen LogP contribution in [0.3, 0.4) is 0 Å². The van der Waals surface area contributed by atoms with Crippen molar-refractivity contribution < 1.29 is 4.92 Å². The van der Waals surface area contributed by atoms with Crippen LogP contribution >= 0.6 is 11.6 Å². The summed E-state index contributed by atoms with van der Waals surface area (Å²) in [5, 5.41) is 11.8. The molecule has 1 N–H and O–H groups in total. The maximum atomic E-state index is 11.5. The van der Waals surface area contributed by atoms with Crippen molar-refractivity contribution in [3.8, 4) is 11.3 Å². The SMILES string of the molecule is O=[N+]([O-])c1cc(Cl)cnc1N1CCCC[C@@H]1c1ncc(-c2ccccc2)[nH]1. The number of halogens is 1. The highest BCUT2D eigenvalue weighted by Crippen LogP contribution is 2.38. The van der Waals surface area contributed by atoms with Gasteiger partial charge in [-0.15, -0.1) is 0 Å². The smallest absolute Gasteiger partial charge is 0.313 e. The zero-order chi connectivity index (χ0) is 18.8. The number of rotatable bonds is 4. The maximum Gasteiger partial charge on any atom is 0.313 e. The van der Waals surface area contributed by atoms with Gasteiger partial charge in [-0.05, 0) is 24.8 Å². The molecule has 7 nitrogen and oxygen atoms in total. The lowest BCUT2D eigenvalue weighted by atomic mass is 10.0. The highest BCUT2D eigenvalue weighted by molar-refractivity contribution is 6.30. The Hall–Kier alpha value is -2.93. The van der Waals surface area contributed by atoms with Gasteiger partial charge >= 0.3 is 5.69 Å². The number of anilines is 1. The van der Waals surface area contributed by atoms with Crippen LogP contribution in [0.25, 0.3) is 11.3 Å². The quantitative estimate of drug-likeness (QED) is 0.518. The van der Waals surface area contributed by atoms with Crippen molar-refractivity contribution in [3.05, 3.63) is 69.8 Å². The molecule has 1 atom stereocenters. The van der Waals surface area contributed by atoms with Crippen LogP contribution in [-0.4, -0.2) is 26.4 Å². The second kappa shape index (κ2) is 7.36. The van der Waals surface area contributed by atoms with E-state index >= 15 is 0 Å². The molecule has 8 heteroatoms. The van der Waals surface area contributed by atoms with Gasteiger partial charge in [-0.1, -0.05) is 41.9 Å². The average molecular weight is 384 g/mol. The topological polar surface area (TPSA) is 87.9 Å². The predicted octanol–water partition coefficient (Wildman–Crippen LogP) is 4.76. The van der Waals surface area contributed by atoms with Gasteiger partial charge < -0.3 is 9.88 Å². The summed E-state index contributed by atoms with van der Waals surface area (Å²) in [5.74, 6) is 1.13. The van der Waals surface area contributed by atoms with E-state index < -0.39 is 4.92 Å². The largest absolute Gasteiger partial charge is 0.341 e. The molecule has 4 rings (SSSR count). The van der Waals surface area contributed by atoms with Crippen LogP contribution in [0.15, 0.2) is 48.8 Å². The summed E-state index contributed by atoms with van der Waals surface area (Å²) in [6.45, 7) is 0.682. The van der Waals surface area contributed by atoms with E-state index in [1.165, 1.54) is 12.3 Å². The first-order valence-electron chi connectivity index (χ1n) is 8.80. The van der Waals surface area contributed by atoms with E-state index in [1.54, 1.807) is 6.20 Å². The van der Waals surface area contributed by atoms with Gasteiger partial charge in [0.05, 0.1) is 27.9 Å². The van der Waals surface area contributed by atoms with Crippen molar-refractivity contribution in [2.75, 3.05) is 11.4 Å². The number of H-pyrrole nitrogens is 1. The second-order valence-corrected chi connectivity index (χ2v) is 6.94. The summed E-state index contributed by atoms with van der Waals surface area (Å²) >= 11 is 5.92. The summed E-state index contributed by atoms with van der Waals surface area (Å²) in [4.78, 5) is 25.3. The molecule has 0 aliphatic carbocycles. The normalized spacial score (nSPS) is 17.1. The lowest BCUT2D eigenvalue weighted by Gasteiger charge is -2.35. The Balaban J connectivity index is 1.70. The van der Waals surface area contributed by atoms with E-state index in [0.717, 1.165) is 36.3 Å². The lowest BCUT2D eigenvalue weighted by Crippen LogP contribution is -2.35. The molecule has 0 saturated carbocycles. The van der Waals surface area contributed by atoms with Crippen molar-refractivity contribution in [3.63, 3.8) is 0 Å². The van der Waals surface area contributed by atoms with Crippen LogP contribution in [0.4, 0.5) is 11.5 Å². The monoisotopic (exact) mass is 383 g/mol. The summed E-state index contributed by atoms with van der Waals surface area (Å²) < 4.78 is 0. The summed E-state index contributed by atoms with van der Waals surface area (Å²) in [6.07, 6.45) is 6.09. The van der Waals surface area contributed by atoms with Gasteiger partial charge in [0.2, 0.25) is 5.82 Å². The predicted molar refractivity (Wildman–Crippen MR) is 104 cm³/mol. The highest BCUT2D eigenvalue weighted by atomic mass is 35.5. The molecule has 0 radical (unpaired) electrons. The third kappa shape index (κ3) is 3.50. The molecule has 1 fully saturated rings. The van der Waals surface area contributed by atoms with Gasteiger partial charge in [-0.3, -0.25) is 10.1 Å². The molecule has 0 unspecified atom stereocenters. The van der Waals surface area contributed by atoms with Crippen LogP contribution in [-0.2, 0) is 0 Å². The Morgan fingerprint density at radius 2 is 2.00 bits per heavy atom. The van der Waals surface area contributed by atoms with Crippen molar-refractivity contribution in [2.45, 2.75) is 25.3 Å². The zero-order valence-electron chi connectivity index (χ0n) is 14.5. The second-order valence-electron chi connectivity index (χ2n) is 6.51. The first kappa shape index (κ1) is 17.5. The first-order valence-corrected chi connectivity index (χ1v) is 9.18. The number of pyridine rings is 1. The van der Waals surface area contributed by atoms with Crippen LogP contribution in [0, 0.1) is 10.1 Å². The number of piperidine rings is 1. The van der Waals surface area contributed by atoms with Gasteiger partial charge in [0.1, 0.15) is 5.82 Å². The molecule has 2 aromatic heterocycles. The Bertz CT molecular complexity index is 960. The van der Waals surface area contributed by atoms with Crippen molar-refractivity contribution in [1.29, 1.82) is 0 Å². The van der Waals surface area contributed by atoms with Crippen molar-refractivity contribution in [1.82, 2.24) is 15.0 Å². The number of hydrogen-bond donors (Lipinski definition) is 1. The molecule has 3 heterocycles. The number of aromatic amines is 1. The maximum absolute atomic E-state index is 11.5. The molecule has 0 bridgehead atoms. The Morgan fingerprint density at radius 3 is 2.78 bits per heavy atom. The Kier molecular flexibility index (Phi) is 4.77. The van der Waals surface area contributed by atoms with Gasteiger partial charge in [0.15, 0.2) is 0 Å². The first-order chi connectivity index (χ1) is 13.1. The van der Waals surface area contributed by atoms with Gasteiger partial charge in [0, 0.05) is 18.8 Å². The van der Waals surface area contributed by atoms with E-state index in [2.05, 4.69) is 15.0 Å². The fraction of sp³-hybridized carbons (Fsp3) is 0.263. The van der Waals surface area contributed by atoms with Crippen LogP contribution in [0.1, 0.15) is 31.1 Å². The molecule has 138 valence electrons. The average Bonchev–Trinajstić information content (AvgIpc) is 3.19. The molecule has 27 heavy (non-hydrogen) atoms. The van der Waals surface area contributed by atoms with Crippen LogP contribution in [0.5, 0.6) is 0 Å². The molecular weight excluding hydrogens is 366 g/mol. The van der Waals surface area contributed by atoms with E-state index in [-0.39, 0.29) is 16.8 Å². The van der Waals surface area contributed by atoms with E-state index in [1.807, 2.05) is 35.2 Å². The number of benzene rings is 1. The van der Waals surface area contributed by atoms with Gasteiger partial charge in [-0.2, -0.15) is 0 Å². The van der Waals surface area contributed by atoms with Crippen molar-refractivity contribution >= 4 is 23.1 Å². The number of aromatic nitrogens is 3. The Labute approximate surface area is 161 Å². The molecule has 0 spiro atoms. The molecule has 3 aromatic rings. The number of nitrogens with one attached hydrogen (secondary N) is 1. The minimum absolute atomic E-state index is 0.0794. The zero-order valence-corrected chi connectivity index (χ0v) is 15.3.